The zero-order valence-electron chi connectivity index (χ0n) is 13.6. The molecule has 1 atom stereocenters. The molecule has 1 aliphatic rings. The lowest BCUT2D eigenvalue weighted by Crippen LogP contribution is -2.23. The maximum Gasteiger partial charge on any atom is 0.0432 e. The number of fused-ring (bicyclic) bond motifs is 1. The van der Waals surface area contributed by atoms with Crippen LogP contribution in [0.25, 0.3) is 5.57 Å². The predicted molar refractivity (Wildman–Crippen MR) is 96.0 cm³/mol. The van der Waals surface area contributed by atoms with Crippen molar-refractivity contribution in [3.05, 3.63) is 101 Å². The van der Waals surface area contributed by atoms with Crippen LogP contribution in [0.2, 0.25) is 0 Å². The standard InChI is InChI=1S/C22H22/c1-5-6-12-20-17(3)19-14-13-16(2)15-21(19)22(20,4)18-10-8-7-9-11-18/h5-15H,1H2,2-4H3/b12-6-. The fraction of sp³-hybridized carbons (Fsp3) is 0.182. The van der Waals surface area contributed by atoms with E-state index in [-0.39, 0.29) is 5.41 Å². The molecule has 3 rings (SSSR count). The van der Waals surface area contributed by atoms with E-state index in [9.17, 15) is 0 Å². The molecule has 0 heterocycles. The van der Waals surface area contributed by atoms with Gasteiger partial charge in [0.1, 0.15) is 0 Å². The van der Waals surface area contributed by atoms with Crippen molar-refractivity contribution in [2.75, 3.05) is 0 Å². The number of allylic oxidation sites excluding steroid dienone is 5. The van der Waals surface area contributed by atoms with Crippen LogP contribution < -0.4 is 0 Å². The first-order valence-electron chi connectivity index (χ1n) is 7.76. The molecule has 0 saturated heterocycles. The van der Waals surface area contributed by atoms with Gasteiger partial charge in [-0.2, -0.15) is 0 Å². The Morgan fingerprint density at radius 2 is 1.73 bits per heavy atom. The quantitative estimate of drug-likeness (QED) is 0.623. The molecule has 0 heteroatoms. The van der Waals surface area contributed by atoms with Gasteiger partial charge in [0.15, 0.2) is 0 Å². The summed E-state index contributed by atoms with van der Waals surface area (Å²) in [6, 6.07) is 17.6. The average Bonchev–Trinajstić information content (AvgIpc) is 2.75. The highest BCUT2D eigenvalue weighted by molar-refractivity contribution is 5.83. The van der Waals surface area contributed by atoms with Gasteiger partial charge in [0.25, 0.3) is 0 Å². The fourth-order valence-corrected chi connectivity index (χ4v) is 3.60. The van der Waals surface area contributed by atoms with Crippen LogP contribution in [0, 0.1) is 6.92 Å². The zero-order valence-corrected chi connectivity index (χ0v) is 13.6. The van der Waals surface area contributed by atoms with Crippen LogP contribution in [0.3, 0.4) is 0 Å². The summed E-state index contributed by atoms with van der Waals surface area (Å²) in [5.74, 6) is 0. The van der Waals surface area contributed by atoms with Crippen LogP contribution >= 0.6 is 0 Å². The summed E-state index contributed by atoms with van der Waals surface area (Å²) in [6.45, 7) is 10.5. The fourth-order valence-electron chi connectivity index (χ4n) is 3.60. The van der Waals surface area contributed by atoms with E-state index in [1.54, 1.807) is 0 Å². The third kappa shape index (κ3) is 2.07. The number of hydrogen-bond donors (Lipinski definition) is 0. The summed E-state index contributed by atoms with van der Waals surface area (Å²) >= 11 is 0. The SMILES string of the molecule is C=C/C=C\C1=C(C)c2ccc(C)cc2C1(C)c1ccccc1. The highest BCUT2D eigenvalue weighted by Gasteiger charge is 2.40. The van der Waals surface area contributed by atoms with Crippen molar-refractivity contribution in [1.82, 2.24) is 0 Å². The number of hydrogen-bond acceptors (Lipinski definition) is 0. The van der Waals surface area contributed by atoms with Gasteiger partial charge in [-0.3, -0.25) is 0 Å². The maximum absolute atomic E-state index is 3.82. The Morgan fingerprint density at radius 1 is 1.00 bits per heavy atom. The Balaban J connectivity index is 2.32. The van der Waals surface area contributed by atoms with E-state index in [2.05, 4.69) is 82.0 Å². The molecule has 1 aliphatic carbocycles. The van der Waals surface area contributed by atoms with Gasteiger partial charge in [0.2, 0.25) is 0 Å². The van der Waals surface area contributed by atoms with Gasteiger partial charge in [0.05, 0.1) is 0 Å². The summed E-state index contributed by atoms with van der Waals surface area (Å²) in [5, 5.41) is 0. The van der Waals surface area contributed by atoms with Gasteiger partial charge in [-0.25, -0.2) is 0 Å². The molecule has 0 fully saturated rings. The molecule has 2 aromatic rings. The Hall–Kier alpha value is -2.34. The van der Waals surface area contributed by atoms with E-state index in [1.165, 1.54) is 33.4 Å². The molecular formula is C22H22. The Labute approximate surface area is 133 Å². The molecule has 0 radical (unpaired) electrons. The van der Waals surface area contributed by atoms with Crippen molar-refractivity contribution in [1.29, 1.82) is 0 Å². The molecule has 0 N–H and O–H groups in total. The summed E-state index contributed by atoms with van der Waals surface area (Å²) in [5.41, 5.74) is 8.02. The second-order valence-electron chi connectivity index (χ2n) is 6.17. The van der Waals surface area contributed by atoms with Crippen molar-refractivity contribution in [2.45, 2.75) is 26.2 Å². The lowest BCUT2D eigenvalue weighted by molar-refractivity contribution is 0.706. The summed E-state index contributed by atoms with van der Waals surface area (Å²) in [4.78, 5) is 0. The second-order valence-corrected chi connectivity index (χ2v) is 6.17. The monoisotopic (exact) mass is 286 g/mol. The van der Waals surface area contributed by atoms with E-state index < -0.39 is 0 Å². The van der Waals surface area contributed by atoms with E-state index in [4.69, 9.17) is 0 Å². The van der Waals surface area contributed by atoms with Gasteiger partial charge in [0, 0.05) is 5.41 Å². The molecular weight excluding hydrogens is 264 g/mol. The molecule has 110 valence electrons. The molecule has 22 heavy (non-hydrogen) atoms. The normalized spacial score (nSPS) is 20.5. The first-order chi connectivity index (χ1) is 10.6. The van der Waals surface area contributed by atoms with Crippen molar-refractivity contribution < 1.29 is 0 Å². The van der Waals surface area contributed by atoms with E-state index >= 15 is 0 Å². The number of aryl methyl sites for hydroxylation is 1. The van der Waals surface area contributed by atoms with E-state index in [0.717, 1.165) is 0 Å². The smallest absolute Gasteiger partial charge is 0.0432 e. The van der Waals surface area contributed by atoms with Gasteiger partial charge < -0.3 is 0 Å². The van der Waals surface area contributed by atoms with Crippen LogP contribution in [0.15, 0.2) is 78.9 Å². The zero-order chi connectivity index (χ0) is 15.7. The van der Waals surface area contributed by atoms with Crippen LogP contribution in [-0.2, 0) is 5.41 Å². The average molecular weight is 286 g/mol. The number of benzene rings is 2. The molecule has 0 bridgehead atoms. The third-order valence-electron chi connectivity index (χ3n) is 4.81. The minimum absolute atomic E-state index is 0.105. The molecule has 1 unspecified atom stereocenters. The minimum Gasteiger partial charge on any atom is -0.0991 e. The Bertz CT molecular complexity index is 775. The molecule has 2 aromatic carbocycles. The van der Waals surface area contributed by atoms with E-state index in [1.807, 2.05) is 12.2 Å². The van der Waals surface area contributed by atoms with Crippen molar-refractivity contribution in [2.24, 2.45) is 0 Å². The van der Waals surface area contributed by atoms with Crippen molar-refractivity contribution >= 4 is 5.57 Å². The van der Waals surface area contributed by atoms with Crippen molar-refractivity contribution in [3.8, 4) is 0 Å². The first kappa shape index (κ1) is 14.6. The number of rotatable bonds is 3. The lowest BCUT2D eigenvalue weighted by atomic mass is 9.73. The predicted octanol–water partition coefficient (Wildman–Crippen LogP) is 5.83. The van der Waals surface area contributed by atoms with Crippen LogP contribution in [-0.4, -0.2) is 0 Å². The summed E-state index contributed by atoms with van der Waals surface area (Å²) < 4.78 is 0. The van der Waals surface area contributed by atoms with E-state index in [0.29, 0.717) is 0 Å². The van der Waals surface area contributed by atoms with Gasteiger partial charge >= 0.3 is 0 Å². The van der Waals surface area contributed by atoms with Crippen molar-refractivity contribution in [3.63, 3.8) is 0 Å². The molecule has 0 nitrogen and oxygen atoms in total. The highest BCUT2D eigenvalue weighted by Crippen LogP contribution is 2.50. The van der Waals surface area contributed by atoms with Gasteiger partial charge in [-0.05, 0) is 48.6 Å². The van der Waals surface area contributed by atoms with Gasteiger partial charge in [-0.15, -0.1) is 0 Å². The first-order valence-corrected chi connectivity index (χ1v) is 7.76. The van der Waals surface area contributed by atoms with Crippen LogP contribution in [0.5, 0.6) is 0 Å². The largest absolute Gasteiger partial charge is 0.0991 e. The molecule has 0 saturated carbocycles. The highest BCUT2D eigenvalue weighted by atomic mass is 14.4. The molecule has 0 amide bonds. The summed E-state index contributed by atoms with van der Waals surface area (Å²) in [7, 11) is 0. The molecule has 0 aromatic heterocycles. The van der Waals surface area contributed by atoms with Crippen LogP contribution in [0.4, 0.5) is 0 Å². The minimum atomic E-state index is -0.105. The maximum atomic E-state index is 3.82. The third-order valence-corrected chi connectivity index (χ3v) is 4.81. The Kier molecular flexibility index (Phi) is 3.62. The topological polar surface area (TPSA) is 0 Å². The lowest BCUT2D eigenvalue weighted by Gasteiger charge is -2.29. The molecule has 0 spiro atoms. The molecule has 0 aliphatic heterocycles. The van der Waals surface area contributed by atoms with Gasteiger partial charge in [-0.1, -0.05) is 78.9 Å². The van der Waals surface area contributed by atoms with Crippen LogP contribution in [0.1, 0.15) is 36.1 Å². The summed E-state index contributed by atoms with van der Waals surface area (Å²) in [6.07, 6.45) is 6.10. The second kappa shape index (κ2) is 5.46. The Morgan fingerprint density at radius 3 is 2.41 bits per heavy atom.